The van der Waals surface area contributed by atoms with Gasteiger partial charge >= 0.3 is 0 Å². The summed E-state index contributed by atoms with van der Waals surface area (Å²) in [5, 5.41) is 5.12. The van der Waals surface area contributed by atoms with Crippen LogP contribution in [0.3, 0.4) is 0 Å². The molecule has 1 aliphatic rings. The Kier molecular flexibility index (Phi) is 5.38. The summed E-state index contributed by atoms with van der Waals surface area (Å²) in [5.74, 6) is 0. The number of nitrogens with zero attached hydrogens (tertiary/aromatic N) is 4. The van der Waals surface area contributed by atoms with Crippen molar-refractivity contribution in [1.29, 1.82) is 0 Å². The summed E-state index contributed by atoms with van der Waals surface area (Å²) < 4.78 is 30.0. The molecule has 0 unspecified atom stereocenters. The third kappa shape index (κ3) is 3.77. The number of rotatable bonds is 4. The first-order valence-electron chi connectivity index (χ1n) is 9.50. The summed E-state index contributed by atoms with van der Waals surface area (Å²) in [7, 11) is -3.63. The highest BCUT2D eigenvalue weighted by Gasteiger charge is 2.33. The highest BCUT2D eigenvalue weighted by atomic mass is 35.5. The number of benzene rings is 2. The number of hydrogen-bond acceptors (Lipinski definition) is 4. The van der Waals surface area contributed by atoms with Crippen molar-refractivity contribution in [3.63, 3.8) is 0 Å². The molecule has 8 heteroatoms. The molecule has 1 fully saturated rings. The maximum absolute atomic E-state index is 13.4. The molecule has 0 atom stereocenters. The minimum Gasteiger partial charge on any atom is -0.369 e. The monoisotopic (exact) mass is 430 g/mol. The lowest BCUT2D eigenvalue weighted by Crippen LogP contribution is -2.48. The quantitative estimate of drug-likeness (QED) is 0.633. The van der Waals surface area contributed by atoms with Gasteiger partial charge in [0.1, 0.15) is 4.90 Å². The molecule has 29 heavy (non-hydrogen) atoms. The fourth-order valence-corrected chi connectivity index (χ4v) is 5.69. The van der Waals surface area contributed by atoms with E-state index in [1.54, 1.807) is 35.0 Å². The van der Waals surface area contributed by atoms with Crippen molar-refractivity contribution in [3.8, 4) is 5.69 Å². The molecule has 0 spiro atoms. The van der Waals surface area contributed by atoms with E-state index in [1.807, 2.05) is 30.3 Å². The lowest BCUT2D eigenvalue weighted by atomic mass is 10.2. The molecule has 6 nitrogen and oxygen atoms in total. The Hall–Kier alpha value is -2.35. The van der Waals surface area contributed by atoms with Crippen LogP contribution in [0, 0.1) is 13.8 Å². The second-order valence-electron chi connectivity index (χ2n) is 7.11. The minimum atomic E-state index is -3.63. The molecule has 3 aromatic rings. The van der Waals surface area contributed by atoms with Gasteiger partial charge < -0.3 is 4.90 Å². The van der Waals surface area contributed by atoms with Gasteiger partial charge in [0.05, 0.1) is 17.1 Å². The summed E-state index contributed by atoms with van der Waals surface area (Å²) in [6.07, 6.45) is 0. The largest absolute Gasteiger partial charge is 0.369 e. The van der Waals surface area contributed by atoms with E-state index in [9.17, 15) is 8.42 Å². The van der Waals surface area contributed by atoms with Crippen molar-refractivity contribution >= 4 is 27.3 Å². The number of aromatic nitrogens is 2. The topological polar surface area (TPSA) is 58.4 Å². The molecule has 0 saturated carbocycles. The van der Waals surface area contributed by atoms with E-state index in [2.05, 4.69) is 22.1 Å². The molecule has 0 amide bonds. The lowest BCUT2D eigenvalue weighted by Gasteiger charge is -2.35. The Balaban J connectivity index is 1.59. The smallest absolute Gasteiger partial charge is 0.246 e. The fraction of sp³-hybridized carbons (Fsp3) is 0.286. The van der Waals surface area contributed by atoms with Gasteiger partial charge in [-0.25, -0.2) is 13.1 Å². The van der Waals surface area contributed by atoms with Crippen LogP contribution >= 0.6 is 11.6 Å². The van der Waals surface area contributed by atoms with Gasteiger partial charge in [-0.15, -0.1) is 0 Å². The standard InChI is InChI=1S/C21H23ClN4O2S/c1-16-21(17(2)26(23-16)20-10-8-18(22)9-11-20)29(27,28)25-14-12-24(13-15-25)19-6-4-3-5-7-19/h3-11H,12-15H2,1-2H3. The summed E-state index contributed by atoms with van der Waals surface area (Å²) in [4.78, 5) is 2.50. The van der Waals surface area contributed by atoms with Gasteiger partial charge in [0.15, 0.2) is 0 Å². The molecule has 1 aromatic heterocycles. The first-order chi connectivity index (χ1) is 13.9. The first kappa shape index (κ1) is 19.9. The number of piperazine rings is 1. The zero-order valence-corrected chi connectivity index (χ0v) is 18.0. The SMILES string of the molecule is Cc1nn(-c2ccc(Cl)cc2)c(C)c1S(=O)(=O)N1CCN(c2ccccc2)CC1. The van der Waals surface area contributed by atoms with Crippen LogP contribution in [-0.4, -0.2) is 48.7 Å². The number of anilines is 1. The van der Waals surface area contributed by atoms with Gasteiger partial charge in [0.25, 0.3) is 0 Å². The molecular weight excluding hydrogens is 408 g/mol. The van der Waals surface area contributed by atoms with Crippen LogP contribution in [0.5, 0.6) is 0 Å². The lowest BCUT2D eigenvalue weighted by molar-refractivity contribution is 0.384. The number of sulfonamides is 1. The third-order valence-corrected chi connectivity index (χ3v) is 7.66. The number of hydrogen-bond donors (Lipinski definition) is 0. The predicted molar refractivity (Wildman–Crippen MR) is 115 cm³/mol. The Morgan fingerprint density at radius 3 is 2.10 bits per heavy atom. The average molecular weight is 431 g/mol. The van der Waals surface area contributed by atoms with E-state index in [0.717, 1.165) is 11.4 Å². The number of para-hydroxylation sites is 1. The number of halogens is 1. The Morgan fingerprint density at radius 2 is 1.48 bits per heavy atom. The van der Waals surface area contributed by atoms with Crippen molar-refractivity contribution in [3.05, 3.63) is 71.0 Å². The van der Waals surface area contributed by atoms with Gasteiger partial charge in [0.2, 0.25) is 10.0 Å². The second-order valence-corrected chi connectivity index (χ2v) is 9.43. The van der Waals surface area contributed by atoms with Crippen LogP contribution in [-0.2, 0) is 10.0 Å². The van der Waals surface area contributed by atoms with Crippen LogP contribution in [0.2, 0.25) is 5.02 Å². The normalized spacial score (nSPS) is 15.6. The highest BCUT2D eigenvalue weighted by Crippen LogP contribution is 2.27. The van der Waals surface area contributed by atoms with Crippen LogP contribution in [0.4, 0.5) is 5.69 Å². The Labute approximate surface area is 176 Å². The van der Waals surface area contributed by atoms with Crippen LogP contribution < -0.4 is 4.90 Å². The highest BCUT2D eigenvalue weighted by molar-refractivity contribution is 7.89. The first-order valence-corrected chi connectivity index (χ1v) is 11.3. The average Bonchev–Trinajstić information content (AvgIpc) is 3.04. The third-order valence-electron chi connectivity index (χ3n) is 5.25. The van der Waals surface area contributed by atoms with Gasteiger partial charge in [-0.1, -0.05) is 29.8 Å². The van der Waals surface area contributed by atoms with Crippen LogP contribution in [0.1, 0.15) is 11.4 Å². The molecule has 2 heterocycles. The van der Waals surface area contributed by atoms with E-state index in [4.69, 9.17) is 11.6 Å². The molecule has 0 bridgehead atoms. The summed E-state index contributed by atoms with van der Waals surface area (Å²) in [6, 6.07) is 17.3. The van der Waals surface area contributed by atoms with E-state index < -0.39 is 10.0 Å². The van der Waals surface area contributed by atoms with Crippen LogP contribution in [0.25, 0.3) is 5.69 Å². The second kappa shape index (κ2) is 7.82. The molecule has 0 aliphatic carbocycles. The van der Waals surface area contributed by atoms with Crippen molar-refractivity contribution < 1.29 is 8.42 Å². The van der Waals surface area contributed by atoms with Crippen molar-refractivity contribution in [2.45, 2.75) is 18.7 Å². The Morgan fingerprint density at radius 1 is 0.862 bits per heavy atom. The number of aryl methyl sites for hydroxylation is 1. The van der Waals surface area contributed by atoms with Gasteiger partial charge in [-0.05, 0) is 50.2 Å². The van der Waals surface area contributed by atoms with Gasteiger partial charge in [-0.3, -0.25) is 0 Å². The van der Waals surface area contributed by atoms with Crippen molar-refractivity contribution in [2.75, 3.05) is 31.1 Å². The summed E-state index contributed by atoms with van der Waals surface area (Å²) in [6.45, 7) is 5.75. The zero-order chi connectivity index (χ0) is 20.6. The molecule has 1 aliphatic heterocycles. The molecule has 0 N–H and O–H groups in total. The van der Waals surface area contributed by atoms with Gasteiger partial charge in [0, 0.05) is 36.9 Å². The molecule has 152 valence electrons. The van der Waals surface area contributed by atoms with E-state index in [0.29, 0.717) is 47.5 Å². The minimum absolute atomic E-state index is 0.292. The predicted octanol–water partition coefficient (Wildman–Crippen LogP) is 3.65. The van der Waals surface area contributed by atoms with E-state index in [-0.39, 0.29) is 0 Å². The van der Waals surface area contributed by atoms with E-state index in [1.165, 1.54) is 0 Å². The van der Waals surface area contributed by atoms with E-state index >= 15 is 0 Å². The van der Waals surface area contributed by atoms with Crippen molar-refractivity contribution in [1.82, 2.24) is 14.1 Å². The molecule has 2 aromatic carbocycles. The molecule has 1 saturated heterocycles. The fourth-order valence-electron chi connectivity index (χ4n) is 3.79. The van der Waals surface area contributed by atoms with Crippen LogP contribution in [0.15, 0.2) is 59.5 Å². The molecular formula is C21H23ClN4O2S. The Bertz CT molecular complexity index is 1100. The molecule has 0 radical (unpaired) electrons. The maximum atomic E-state index is 13.4. The van der Waals surface area contributed by atoms with Crippen molar-refractivity contribution in [2.24, 2.45) is 0 Å². The summed E-state index contributed by atoms with van der Waals surface area (Å²) >= 11 is 5.97. The van der Waals surface area contributed by atoms with Gasteiger partial charge in [-0.2, -0.15) is 9.40 Å². The summed E-state index contributed by atoms with van der Waals surface area (Å²) in [5.41, 5.74) is 3.01. The molecule has 4 rings (SSSR count). The zero-order valence-electron chi connectivity index (χ0n) is 16.4. The maximum Gasteiger partial charge on any atom is 0.246 e.